The minimum absolute atomic E-state index is 0.178. The Morgan fingerprint density at radius 1 is 1.31 bits per heavy atom. The predicted molar refractivity (Wildman–Crippen MR) is 59.6 cm³/mol. The van der Waals surface area contributed by atoms with Crippen molar-refractivity contribution >= 4 is 9.84 Å². The van der Waals surface area contributed by atoms with Crippen LogP contribution in [0.25, 0.3) is 0 Å². The summed E-state index contributed by atoms with van der Waals surface area (Å²) in [5, 5.41) is 8.74. The van der Waals surface area contributed by atoms with Gasteiger partial charge in [0.15, 0.2) is 0 Å². The van der Waals surface area contributed by atoms with Crippen LogP contribution in [0, 0.1) is 11.3 Å². The van der Waals surface area contributed by atoms with Crippen LogP contribution in [0.3, 0.4) is 0 Å². The van der Waals surface area contributed by atoms with Crippen LogP contribution in [-0.4, -0.2) is 24.9 Å². The van der Waals surface area contributed by atoms with Gasteiger partial charge >= 0.3 is 0 Å². The lowest BCUT2D eigenvalue weighted by atomic mass is 9.98. The van der Waals surface area contributed by atoms with Crippen molar-refractivity contribution in [3.8, 4) is 6.07 Å². The molecule has 1 aliphatic heterocycles. The van der Waals surface area contributed by atoms with E-state index in [-0.39, 0.29) is 17.4 Å². The van der Waals surface area contributed by atoms with E-state index >= 15 is 0 Å². The summed E-state index contributed by atoms with van der Waals surface area (Å²) in [7, 11) is -2.83. The van der Waals surface area contributed by atoms with E-state index in [0.717, 1.165) is 5.69 Å². The standard InChI is InChI=1S/C11H12N2O2S/c12-8-10-2-1-3-11(13-10)9-4-6-16(14,15)7-5-9/h1-3,9H,4-7H2. The quantitative estimate of drug-likeness (QED) is 0.735. The Labute approximate surface area is 94.9 Å². The lowest BCUT2D eigenvalue weighted by Gasteiger charge is -2.21. The molecule has 4 nitrogen and oxygen atoms in total. The maximum Gasteiger partial charge on any atom is 0.150 e. The Bertz CT molecular complexity index is 517. The van der Waals surface area contributed by atoms with Crippen LogP contribution in [-0.2, 0) is 9.84 Å². The maximum atomic E-state index is 11.3. The topological polar surface area (TPSA) is 70.8 Å². The molecule has 1 fully saturated rings. The smallest absolute Gasteiger partial charge is 0.150 e. The number of hydrogen-bond donors (Lipinski definition) is 0. The van der Waals surface area contributed by atoms with Crippen LogP contribution < -0.4 is 0 Å². The van der Waals surface area contributed by atoms with Gasteiger partial charge < -0.3 is 0 Å². The first-order valence-electron chi connectivity index (χ1n) is 5.18. The first-order chi connectivity index (χ1) is 7.61. The van der Waals surface area contributed by atoms with E-state index < -0.39 is 9.84 Å². The highest BCUT2D eigenvalue weighted by atomic mass is 32.2. The molecule has 0 aliphatic carbocycles. The molecule has 0 radical (unpaired) electrons. The number of pyridine rings is 1. The van der Waals surface area contributed by atoms with Gasteiger partial charge in [0.05, 0.1) is 11.5 Å². The molecule has 0 N–H and O–H groups in total. The first kappa shape index (κ1) is 11.1. The van der Waals surface area contributed by atoms with E-state index in [1.807, 2.05) is 12.1 Å². The van der Waals surface area contributed by atoms with Crippen molar-refractivity contribution in [2.45, 2.75) is 18.8 Å². The van der Waals surface area contributed by atoms with Crippen molar-refractivity contribution in [2.24, 2.45) is 0 Å². The zero-order valence-corrected chi connectivity index (χ0v) is 9.57. The molecule has 0 saturated carbocycles. The highest BCUT2D eigenvalue weighted by molar-refractivity contribution is 7.91. The van der Waals surface area contributed by atoms with E-state index in [2.05, 4.69) is 4.98 Å². The summed E-state index contributed by atoms with van der Waals surface area (Å²) in [4.78, 5) is 4.21. The van der Waals surface area contributed by atoms with Gasteiger partial charge in [-0.25, -0.2) is 13.4 Å². The Hall–Kier alpha value is -1.41. The molecular weight excluding hydrogens is 224 g/mol. The van der Waals surface area contributed by atoms with E-state index in [4.69, 9.17) is 5.26 Å². The molecule has 0 amide bonds. The van der Waals surface area contributed by atoms with Gasteiger partial charge in [-0.2, -0.15) is 5.26 Å². The molecule has 0 unspecified atom stereocenters. The molecule has 0 spiro atoms. The van der Waals surface area contributed by atoms with Crippen molar-refractivity contribution in [3.05, 3.63) is 29.6 Å². The Kier molecular flexibility index (Phi) is 2.92. The summed E-state index contributed by atoms with van der Waals surface area (Å²) in [5.74, 6) is 0.642. The third-order valence-electron chi connectivity index (χ3n) is 2.86. The van der Waals surface area contributed by atoms with Gasteiger partial charge in [0.2, 0.25) is 0 Å². The molecule has 0 atom stereocenters. The first-order valence-corrected chi connectivity index (χ1v) is 7.00. The fourth-order valence-corrected chi connectivity index (χ4v) is 3.42. The highest BCUT2D eigenvalue weighted by Gasteiger charge is 2.25. The van der Waals surface area contributed by atoms with Crippen LogP contribution >= 0.6 is 0 Å². The number of rotatable bonds is 1. The third-order valence-corrected chi connectivity index (χ3v) is 4.57. The summed E-state index contributed by atoms with van der Waals surface area (Å²) in [6.07, 6.45) is 1.23. The normalized spacial score (nSPS) is 20.2. The molecular formula is C11H12N2O2S. The fourth-order valence-electron chi connectivity index (χ4n) is 1.93. The number of aromatic nitrogens is 1. The van der Waals surface area contributed by atoms with E-state index in [1.165, 1.54) is 0 Å². The Morgan fingerprint density at radius 3 is 2.62 bits per heavy atom. The van der Waals surface area contributed by atoms with Gasteiger partial charge in [-0.05, 0) is 25.0 Å². The molecule has 16 heavy (non-hydrogen) atoms. The maximum absolute atomic E-state index is 11.3. The molecule has 1 aromatic heterocycles. The largest absolute Gasteiger partial charge is 0.242 e. The molecule has 0 aromatic carbocycles. The molecule has 1 saturated heterocycles. The second kappa shape index (κ2) is 4.22. The van der Waals surface area contributed by atoms with Gasteiger partial charge in [-0.15, -0.1) is 0 Å². The molecule has 2 rings (SSSR count). The number of hydrogen-bond acceptors (Lipinski definition) is 4. The highest BCUT2D eigenvalue weighted by Crippen LogP contribution is 2.27. The van der Waals surface area contributed by atoms with E-state index in [1.54, 1.807) is 12.1 Å². The molecule has 5 heteroatoms. The summed E-state index contributed by atoms with van der Waals surface area (Å²) in [6.45, 7) is 0. The second-order valence-electron chi connectivity index (χ2n) is 3.99. The Balaban J connectivity index is 2.17. The summed E-state index contributed by atoms with van der Waals surface area (Å²) >= 11 is 0. The zero-order valence-electron chi connectivity index (χ0n) is 8.76. The average molecular weight is 236 g/mol. The third kappa shape index (κ3) is 2.39. The number of sulfone groups is 1. The summed E-state index contributed by atoms with van der Waals surface area (Å²) < 4.78 is 22.6. The molecule has 1 aromatic rings. The number of nitriles is 1. The van der Waals surface area contributed by atoms with Crippen LogP contribution in [0.1, 0.15) is 30.1 Å². The zero-order chi connectivity index (χ0) is 11.6. The van der Waals surface area contributed by atoms with Gasteiger partial charge in [0, 0.05) is 11.6 Å². The minimum Gasteiger partial charge on any atom is -0.242 e. The molecule has 0 bridgehead atoms. The monoisotopic (exact) mass is 236 g/mol. The Morgan fingerprint density at radius 2 is 2.00 bits per heavy atom. The van der Waals surface area contributed by atoms with Crippen molar-refractivity contribution in [1.29, 1.82) is 5.26 Å². The second-order valence-corrected chi connectivity index (χ2v) is 6.29. The predicted octanol–water partition coefficient (Wildman–Crippen LogP) is 1.25. The molecule has 1 aliphatic rings. The summed E-state index contributed by atoms with van der Waals surface area (Å²) in [6, 6.07) is 7.31. The average Bonchev–Trinajstić information content (AvgIpc) is 2.29. The van der Waals surface area contributed by atoms with Crippen LogP contribution in [0.2, 0.25) is 0 Å². The molecule has 2 heterocycles. The minimum atomic E-state index is -2.83. The van der Waals surface area contributed by atoms with E-state index in [0.29, 0.717) is 18.5 Å². The van der Waals surface area contributed by atoms with Crippen LogP contribution in [0.4, 0.5) is 0 Å². The van der Waals surface area contributed by atoms with Crippen LogP contribution in [0.5, 0.6) is 0 Å². The van der Waals surface area contributed by atoms with Gasteiger partial charge in [0.25, 0.3) is 0 Å². The van der Waals surface area contributed by atoms with Crippen LogP contribution in [0.15, 0.2) is 18.2 Å². The number of nitrogens with zero attached hydrogens (tertiary/aromatic N) is 2. The fraction of sp³-hybridized carbons (Fsp3) is 0.455. The SMILES string of the molecule is N#Cc1cccc(C2CCS(=O)(=O)CC2)n1. The van der Waals surface area contributed by atoms with Crippen molar-refractivity contribution < 1.29 is 8.42 Å². The van der Waals surface area contributed by atoms with Crippen molar-refractivity contribution in [3.63, 3.8) is 0 Å². The van der Waals surface area contributed by atoms with Gasteiger partial charge in [-0.3, -0.25) is 0 Å². The molecule has 84 valence electrons. The lowest BCUT2D eigenvalue weighted by molar-refractivity contribution is 0.544. The van der Waals surface area contributed by atoms with E-state index in [9.17, 15) is 8.42 Å². The van der Waals surface area contributed by atoms with Gasteiger partial charge in [-0.1, -0.05) is 6.07 Å². The lowest BCUT2D eigenvalue weighted by Crippen LogP contribution is -2.22. The van der Waals surface area contributed by atoms with Crippen molar-refractivity contribution in [2.75, 3.05) is 11.5 Å². The van der Waals surface area contributed by atoms with Gasteiger partial charge in [0.1, 0.15) is 21.6 Å². The summed E-state index contributed by atoms with van der Waals surface area (Å²) in [5.41, 5.74) is 1.24. The van der Waals surface area contributed by atoms with Crippen molar-refractivity contribution in [1.82, 2.24) is 4.98 Å².